The van der Waals surface area contributed by atoms with Crippen molar-refractivity contribution < 1.29 is 20.1 Å². The van der Waals surface area contributed by atoms with Gasteiger partial charge in [0.2, 0.25) is 0 Å². The molecular weight excluding hydrogens is 112 g/mol. The van der Waals surface area contributed by atoms with E-state index in [0.29, 0.717) is 0 Å². The third-order valence-electron chi connectivity index (χ3n) is 0.613. The van der Waals surface area contributed by atoms with Crippen LogP contribution in [0.5, 0.6) is 0 Å². The summed E-state index contributed by atoms with van der Waals surface area (Å²) in [6.45, 7) is -0.534. The fourth-order valence-electron chi connectivity index (χ4n) is 0.257. The van der Waals surface area contributed by atoms with Crippen LogP contribution in [0, 0.1) is 0 Å². The first-order valence-corrected chi connectivity index (χ1v) is 2.15. The fraction of sp³-hybridized carbons (Fsp3) is 0.750. The van der Waals surface area contributed by atoms with Gasteiger partial charge < -0.3 is 20.1 Å². The van der Waals surface area contributed by atoms with Gasteiger partial charge in [0.05, 0.1) is 12.7 Å². The molecule has 0 heterocycles. The second-order valence-electron chi connectivity index (χ2n) is 1.41. The molecule has 0 aromatic rings. The molecule has 0 bridgehead atoms. The predicted octanol–water partition coefficient (Wildman–Crippen LogP) is -2.52. The highest BCUT2D eigenvalue weighted by atomic mass is 16.4. The normalized spacial score (nSPS) is 13.2. The highest BCUT2D eigenvalue weighted by Crippen LogP contribution is 1.85. The molecule has 2 N–H and O–H groups in total. The van der Waals surface area contributed by atoms with Crippen molar-refractivity contribution in [1.29, 1.82) is 0 Å². The van der Waals surface area contributed by atoms with E-state index in [4.69, 9.17) is 10.2 Å². The Hall–Kier alpha value is -0.610. The molecule has 0 unspecified atom stereocenters. The van der Waals surface area contributed by atoms with Crippen molar-refractivity contribution in [2.45, 2.75) is 12.5 Å². The molecule has 0 aromatic carbocycles. The molecule has 0 aliphatic heterocycles. The first-order chi connectivity index (χ1) is 3.66. The molecule has 0 aliphatic carbocycles. The molecule has 0 amide bonds. The number of carboxylic acids is 1. The zero-order valence-electron chi connectivity index (χ0n) is 4.20. The molecule has 0 spiro atoms. The van der Waals surface area contributed by atoms with Crippen molar-refractivity contribution in [3.05, 3.63) is 0 Å². The van der Waals surface area contributed by atoms with Crippen LogP contribution in [0.1, 0.15) is 6.42 Å². The maximum Gasteiger partial charge on any atom is 0.0822 e. The van der Waals surface area contributed by atoms with Gasteiger partial charge in [0.1, 0.15) is 0 Å². The Morgan fingerprint density at radius 1 is 1.75 bits per heavy atom. The summed E-state index contributed by atoms with van der Waals surface area (Å²) in [7, 11) is 0. The summed E-state index contributed by atoms with van der Waals surface area (Å²) in [6, 6.07) is 0. The number of carbonyl (C=O) groups excluding carboxylic acids is 1. The van der Waals surface area contributed by atoms with Gasteiger partial charge in [-0.15, -0.1) is 0 Å². The van der Waals surface area contributed by atoms with Crippen LogP contribution in [0.4, 0.5) is 0 Å². The predicted molar refractivity (Wildman–Crippen MR) is 22.7 cm³/mol. The fourth-order valence-corrected chi connectivity index (χ4v) is 0.257. The topological polar surface area (TPSA) is 80.6 Å². The minimum Gasteiger partial charge on any atom is -0.550 e. The van der Waals surface area contributed by atoms with Crippen molar-refractivity contribution in [1.82, 2.24) is 0 Å². The van der Waals surface area contributed by atoms with E-state index < -0.39 is 25.1 Å². The Bertz CT molecular complexity index is 80.1. The van der Waals surface area contributed by atoms with Crippen LogP contribution < -0.4 is 5.11 Å². The van der Waals surface area contributed by atoms with Gasteiger partial charge in [-0.05, 0) is 0 Å². The average molecular weight is 119 g/mol. The number of carbonyl (C=O) groups is 1. The number of hydrogen-bond acceptors (Lipinski definition) is 4. The molecule has 0 saturated heterocycles. The van der Waals surface area contributed by atoms with Crippen molar-refractivity contribution in [2.75, 3.05) is 6.61 Å². The largest absolute Gasteiger partial charge is 0.550 e. The number of carboxylic acid groups (broad SMARTS) is 1. The number of aliphatic hydroxyl groups is 2. The standard InChI is InChI=1S/C4H8O4/c5-2-3(6)1-4(7)8/h3,5-6H,1-2H2,(H,7,8)/p-1/t3-/m1/s1. The highest BCUT2D eigenvalue weighted by Gasteiger charge is 1.99. The molecule has 0 saturated carbocycles. The Morgan fingerprint density at radius 3 is 2.38 bits per heavy atom. The molecule has 0 fully saturated rings. The van der Waals surface area contributed by atoms with E-state index >= 15 is 0 Å². The number of hydrogen-bond donors (Lipinski definition) is 2. The Labute approximate surface area is 46.4 Å². The zero-order valence-corrected chi connectivity index (χ0v) is 4.20. The summed E-state index contributed by atoms with van der Waals surface area (Å²) in [6.07, 6.45) is -1.68. The lowest BCUT2D eigenvalue weighted by Gasteiger charge is -2.05. The van der Waals surface area contributed by atoms with Crippen LogP contribution in [0.25, 0.3) is 0 Å². The molecule has 0 rings (SSSR count). The smallest absolute Gasteiger partial charge is 0.0822 e. The molecule has 4 heteroatoms. The van der Waals surface area contributed by atoms with Crippen LogP contribution in [0.2, 0.25) is 0 Å². The first-order valence-electron chi connectivity index (χ1n) is 2.15. The van der Waals surface area contributed by atoms with E-state index in [1.54, 1.807) is 0 Å². The maximum atomic E-state index is 9.59. The van der Waals surface area contributed by atoms with E-state index in [1.165, 1.54) is 0 Å². The minimum atomic E-state index is -1.36. The van der Waals surface area contributed by atoms with Crippen LogP contribution >= 0.6 is 0 Å². The van der Waals surface area contributed by atoms with E-state index in [2.05, 4.69) is 0 Å². The number of aliphatic carboxylic acids is 1. The maximum absolute atomic E-state index is 9.59. The summed E-state index contributed by atoms with van der Waals surface area (Å²) < 4.78 is 0. The molecule has 0 aliphatic rings. The molecule has 48 valence electrons. The summed E-state index contributed by atoms with van der Waals surface area (Å²) in [4.78, 5) is 9.59. The molecular formula is C4H7O4-. The van der Waals surface area contributed by atoms with Crippen molar-refractivity contribution >= 4 is 5.97 Å². The lowest BCUT2D eigenvalue weighted by molar-refractivity contribution is -0.307. The molecule has 0 aromatic heterocycles. The molecule has 4 nitrogen and oxygen atoms in total. The summed E-state index contributed by atoms with van der Waals surface area (Å²) >= 11 is 0. The van der Waals surface area contributed by atoms with Gasteiger partial charge in [0.15, 0.2) is 0 Å². The number of aliphatic hydroxyl groups excluding tert-OH is 2. The molecule has 0 radical (unpaired) electrons. The van der Waals surface area contributed by atoms with E-state index in [-0.39, 0.29) is 0 Å². The Morgan fingerprint density at radius 2 is 2.25 bits per heavy atom. The average Bonchev–Trinajstić information content (AvgIpc) is 1.65. The van der Waals surface area contributed by atoms with Gasteiger partial charge in [-0.2, -0.15) is 0 Å². The zero-order chi connectivity index (χ0) is 6.57. The monoisotopic (exact) mass is 119 g/mol. The van der Waals surface area contributed by atoms with Gasteiger partial charge >= 0.3 is 0 Å². The number of rotatable bonds is 3. The van der Waals surface area contributed by atoms with Gasteiger partial charge in [-0.25, -0.2) is 0 Å². The molecule has 8 heavy (non-hydrogen) atoms. The van der Waals surface area contributed by atoms with Crippen LogP contribution in [-0.4, -0.2) is 28.9 Å². The van der Waals surface area contributed by atoms with Gasteiger partial charge in [0.25, 0.3) is 0 Å². The first kappa shape index (κ1) is 7.39. The summed E-state index contributed by atoms with van der Waals surface area (Å²) in [5.74, 6) is -1.36. The minimum absolute atomic E-state index is 0.503. The lowest BCUT2D eigenvalue weighted by atomic mass is 10.3. The second-order valence-corrected chi connectivity index (χ2v) is 1.41. The Kier molecular flexibility index (Phi) is 3.14. The van der Waals surface area contributed by atoms with Crippen LogP contribution in [-0.2, 0) is 4.79 Å². The lowest BCUT2D eigenvalue weighted by Crippen LogP contribution is -2.28. The third kappa shape index (κ3) is 3.58. The van der Waals surface area contributed by atoms with Crippen molar-refractivity contribution in [2.24, 2.45) is 0 Å². The third-order valence-corrected chi connectivity index (χ3v) is 0.613. The summed E-state index contributed by atoms with van der Waals surface area (Å²) in [5.41, 5.74) is 0. The SMILES string of the molecule is O=C([O-])C[C@@H](O)CO. The van der Waals surface area contributed by atoms with E-state index in [1.807, 2.05) is 0 Å². The Balaban J connectivity index is 3.24. The van der Waals surface area contributed by atoms with Crippen LogP contribution in [0.15, 0.2) is 0 Å². The van der Waals surface area contributed by atoms with Gasteiger partial charge in [-0.1, -0.05) is 0 Å². The van der Waals surface area contributed by atoms with Crippen LogP contribution in [0.3, 0.4) is 0 Å². The highest BCUT2D eigenvalue weighted by molar-refractivity contribution is 5.64. The van der Waals surface area contributed by atoms with Crippen molar-refractivity contribution in [3.63, 3.8) is 0 Å². The molecule has 1 atom stereocenters. The van der Waals surface area contributed by atoms with Crippen molar-refractivity contribution in [3.8, 4) is 0 Å². The second kappa shape index (κ2) is 3.40. The van der Waals surface area contributed by atoms with E-state index in [0.717, 1.165) is 0 Å². The van der Waals surface area contributed by atoms with Gasteiger partial charge in [0, 0.05) is 12.4 Å². The van der Waals surface area contributed by atoms with E-state index in [9.17, 15) is 9.90 Å². The summed E-state index contributed by atoms with van der Waals surface area (Å²) in [5, 5.41) is 26.0. The van der Waals surface area contributed by atoms with Gasteiger partial charge in [-0.3, -0.25) is 0 Å². The quantitative estimate of drug-likeness (QED) is 0.429.